The fourth-order valence-corrected chi connectivity index (χ4v) is 3.08. The van der Waals surface area contributed by atoms with Crippen LogP contribution in [0.4, 0.5) is 0 Å². The first kappa shape index (κ1) is 14.1. The molecule has 3 aromatic rings. The van der Waals surface area contributed by atoms with Gasteiger partial charge in [0.15, 0.2) is 5.65 Å². The molecule has 23 heavy (non-hydrogen) atoms. The topological polar surface area (TPSA) is 29.0 Å². The van der Waals surface area contributed by atoms with Gasteiger partial charge in [0.1, 0.15) is 0 Å². The Morgan fingerprint density at radius 2 is 2.00 bits per heavy atom. The highest BCUT2D eigenvalue weighted by Gasteiger charge is 2.17. The average molecular weight is 301 g/mol. The first-order valence-corrected chi connectivity index (χ1v) is 8.06. The minimum absolute atomic E-state index is 0.865. The Bertz CT molecular complexity index is 840. The lowest BCUT2D eigenvalue weighted by molar-refractivity contribution is 0.280. The minimum atomic E-state index is 0.865. The normalized spacial score (nSPS) is 15.1. The van der Waals surface area contributed by atoms with Crippen molar-refractivity contribution in [2.24, 2.45) is 0 Å². The van der Waals surface area contributed by atoms with E-state index in [1.165, 1.54) is 16.8 Å². The van der Waals surface area contributed by atoms with Gasteiger partial charge in [-0.3, -0.25) is 4.90 Å². The second-order valence-corrected chi connectivity index (χ2v) is 5.94. The number of nitrogens with zero attached hydrogens (tertiary/aromatic N) is 3. The van der Waals surface area contributed by atoms with Crippen LogP contribution in [-0.4, -0.2) is 28.0 Å². The molecule has 1 aromatic carbocycles. The van der Waals surface area contributed by atoms with Crippen LogP contribution >= 0.6 is 0 Å². The number of pyridine rings is 2. The van der Waals surface area contributed by atoms with Gasteiger partial charge in [-0.1, -0.05) is 42.5 Å². The summed E-state index contributed by atoms with van der Waals surface area (Å²) in [4.78, 5) is 11.5. The lowest BCUT2D eigenvalue weighted by Crippen LogP contribution is -2.31. The van der Waals surface area contributed by atoms with Gasteiger partial charge in [-0.25, -0.2) is 9.97 Å². The number of aromatic nitrogens is 2. The molecule has 3 nitrogen and oxygen atoms in total. The highest BCUT2D eigenvalue weighted by molar-refractivity contribution is 5.75. The van der Waals surface area contributed by atoms with Crippen molar-refractivity contribution in [1.29, 1.82) is 0 Å². The zero-order valence-corrected chi connectivity index (χ0v) is 13.0. The van der Waals surface area contributed by atoms with E-state index < -0.39 is 0 Å². The number of hydrogen-bond acceptors (Lipinski definition) is 3. The summed E-state index contributed by atoms with van der Waals surface area (Å²) < 4.78 is 0. The summed E-state index contributed by atoms with van der Waals surface area (Å²) in [5.41, 5.74) is 4.66. The molecule has 0 unspecified atom stereocenters. The zero-order chi connectivity index (χ0) is 15.5. The molecule has 0 spiro atoms. The molecule has 3 heteroatoms. The Labute approximate surface area is 136 Å². The summed E-state index contributed by atoms with van der Waals surface area (Å²) in [6, 6.07) is 16.8. The highest BCUT2D eigenvalue weighted by atomic mass is 15.1. The summed E-state index contributed by atoms with van der Waals surface area (Å²) in [7, 11) is 0. The molecule has 4 rings (SSSR count). The second kappa shape index (κ2) is 6.31. The third kappa shape index (κ3) is 3.15. The van der Waals surface area contributed by atoms with E-state index in [1.54, 1.807) is 0 Å². The molecule has 1 aliphatic heterocycles. The summed E-state index contributed by atoms with van der Waals surface area (Å²) in [5.74, 6) is 0. The van der Waals surface area contributed by atoms with E-state index in [2.05, 4.69) is 58.4 Å². The molecule has 1 aliphatic rings. The van der Waals surface area contributed by atoms with E-state index in [4.69, 9.17) is 4.98 Å². The maximum Gasteiger partial charge on any atom is 0.159 e. The van der Waals surface area contributed by atoms with Gasteiger partial charge >= 0.3 is 0 Å². The molecular formula is C20H19N3. The zero-order valence-electron chi connectivity index (χ0n) is 13.0. The van der Waals surface area contributed by atoms with Crippen molar-refractivity contribution in [3.63, 3.8) is 0 Å². The van der Waals surface area contributed by atoms with Gasteiger partial charge in [0, 0.05) is 43.3 Å². The molecule has 0 radical (unpaired) electrons. The van der Waals surface area contributed by atoms with Crippen LogP contribution in [0.25, 0.3) is 17.1 Å². The predicted octanol–water partition coefficient (Wildman–Crippen LogP) is 3.70. The largest absolute Gasteiger partial charge is 0.295 e. The van der Waals surface area contributed by atoms with E-state index in [0.717, 1.165) is 37.1 Å². The molecule has 0 saturated heterocycles. The molecule has 0 fully saturated rings. The van der Waals surface area contributed by atoms with Crippen molar-refractivity contribution >= 4 is 17.1 Å². The molecule has 0 N–H and O–H groups in total. The molecule has 0 amide bonds. The molecule has 0 bridgehead atoms. The summed E-state index contributed by atoms with van der Waals surface area (Å²) >= 11 is 0. The first-order valence-electron chi connectivity index (χ1n) is 8.06. The Morgan fingerprint density at radius 1 is 1.09 bits per heavy atom. The number of benzene rings is 1. The van der Waals surface area contributed by atoms with Crippen LogP contribution < -0.4 is 0 Å². The van der Waals surface area contributed by atoms with Crippen LogP contribution in [0, 0.1) is 0 Å². The summed E-state index contributed by atoms with van der Waals surface area (Å²) in [6.07, 6.45) is 7.25. The summed E-state index contributed by atoms with van der Waals surface area (Å²) in [6.45, 7) is 2.99. The molecule has 0 saturated carbocycles. The van der Waals surface area contributed by atoms with Crippen molar-refractivity contribution in [1.82, 2.24) is 14.9 Å². The lowest BCUT2D eigenvalue weighted by atomic mass is 10.0. The quantitative estimate of drug-likeness (QED) is 0.738. The maximum atomic E-state index is 4.72. The fourth-order valence-electron chi connectivity index (χ4n) is 3.08. The van der Waals surface area contributed by atoms with E-state index in [1.807, 2.05) is 18.3 Å². The Kier molecular flexibility index (Phi) is 3.86. The Morgan fingerprint density at radius 3 is 2.91 bits per heavy atom. The van der Waals surface area contributed by atoms with Crippen molar-refractivity contribution in [3.05, 3.63) is 77.6 Å². The van der Waals surface area contributed by atoms with Gasteiger partial charge in [-0.05, 0) is 29.3 Å². The van der Waals surface area contributed by atoms with Gasteiger partial charge in [0.25, 0.3) is 0 Å². The monoisotopic (exact) mass is 301 g/mol. The van der Waals surface area contributed by atoms with Crippen molar-refractivity contribution in [2.45, 2.75) is 13.0 Å². The molecule has 2 aromatic heterocycles. The van der Waals surface area contributed by atoms with Gasteiger partial charge in [0.2, 0.25) is 0 Å². The third-order valence-corrected chi connectivity index (χ3v) is 4.29. The van der Waals surface area contributed by atoms with Crippen molar-refractivity contribution in [3.8, 4) is 0 Å². The van der Waals surface area contributed by atoms with Crippen LogP contribution in [0.15, 0.2) is 60.8 Å². The van der Waals surface area contributed by atoms with Gasteiger partial charge in [-0.15, -0.1) is 0 Å². The van der Waals surface area contributed by atoms with E-state index >= 15 is 0 Å². The SMILES string of the molecule is C(=Cc1ccccc1)CN1CCc2nc3ncccc3cc2C1. The predicted molar refractivity (Wildman–Crippen MR) is 94.0 cm³/mol. The number of rotatable bonds is 3. The van der Waals surface area contributed by atoms with E-state index in [0.29, 0.717) is 0 Å². The van der Waals surface area contributed by atoms with Gasteiger partial charge in [0.05, 0.1) is 0 Å². The standard InChI is InChI=1S/C20H19N3/c1-2-6-16(7-3-1)8-5-12-23-13-10-19-18(15-23)14-17-9-4-11-21-20(17)22-19/h1-9,11,14H,10,12-13,15H2. The maximum absolute atomic E-state index is 4.72. The minimum Gasteiger partial charge on any atom is -0.295 e. The number of hydrogen-bond donors (Lipinski definition) is 0. The van der Waals surface area contributed by atoms with Gasteiger partial charge in [-0.2, -0.15) is 0 Å². The lowest BCUT2D eigenvalue weighted by Gasteiger charge is -2.27. The average Bonchev–Trinajstić information content (AvgIpc) is 2.61. The van der Waals surface area contributed by atoms with Crippen molar-refractivity contribution < 1.29 is 0 Å². The third-order valence-electron chi connectivity index (χ3n) is 4.29. The second-order valence-electron chi connectivity index (χ2n) is 5.94. The van der Waals surface area contributed by atoms with Crippen molar-refractivity contribution in [2.75, 3.05) is 13.1 Å². The first-order chi connectivity index (χ1) is 11.4. The Hall–Kier alpha value is -2.52. The van der Waals surface area contributed by atoms with Crippen LogP contribution in [0.2, 0.25) is 0 Å². The summed E-state index contributed by atoms with van der Waals surface area (Å²) in [5, 5.41) is 1.13. The smallest absolute Gasteiger partial charge is 0.159 e. The molecule has 0 atom stereocenters. The highest BCUT2D eigenvalue weighted by Crippen LogP contribution is 2.21. The van der Waals surface area contributed by atoms with Crippen LogP contribution in [0.1, 0.15) is 16.8 Å². The van der Waals surface area contributed by atoms with E-state index in [9.17, 15) is 0 Å². The van der Waals surface area contributed by atoms with E-state index in [-0.39, 0.29) is 0 Å². The molecule has 114 valence electrons. The van der Waals surface area contributed by atoms with Gasteiger partial charge < -0.3 is 0 Å². The molecular weight excluding hydrogens is 282 g/mol. The van der Waals surface area contributed by atoms with Crippen LogP contribution in [0.5, 0.6) is 0 Å². The Balaban J connectivity index is 1.48. The fraction of sp³-hybridized carbons (Fsp3) is 0.200. The molecule has 0 aliphatic carbocycles. The number of fused-ring (bicyclic) bond motifs is 2. The molecule has 3 heterocycles. The van der Waals surface area contributed by atoms with Crippen LogP contribution in [0.3, 0.4) is 0 Å². The van der Waals surface area contributed by atoms with Crippen LogP contribution in [-0.2, 0) is 13.0 Å².